The molecule has 0 unspecified atom stereocenters. The lowest BCUT2D eigenvalue weighted by molar-refractivity contribution is 0.632. The Morgan fingerprint density at radius 3 is 1.63 bits per heavy atom. The van der Waals surface area contributed by atoms with Crippen molar-refractivity contribution in [3.05, 3.63) is 249 Å². The average Bonchev–Trinajstić information content (AvgIpc) is 3.75. The van der Waals surface area contributed by atoms with Gasteiger partial charge in [0.2, 0.25) is 0 Å². The average molecular weight is 792 g/mol. The first-order valence-corrected chi connectivity index (χ1v) is 21.2. The molecule has 0 bridgehead atoms. The molecule has 10 aromatic carbocycles. The number of hydrogen-bond donors (Lipinski definition) is 0. The van der Waals surface area contributed by atoms with E-state index in [1.807, 2.05) is 6.07 Å². The Morgan fingerprint density at radius 2 is 0.823 bits per heavy atom. The van der Waals surface area contributed by atoms with Gasteiger partial charge in [0.15, 0.2) is 0 Å². The normalized spacial score (nSPS) is 11.2. The maximum absolute atomic E-state index is 6.61. The fourth-order valence-corrected chi connectivity index (χ4v) is 8.79. The first-order valence-electron chi connectivity index (χ1n) is 21.2. The number of anilines is 3. The second-order valence-corrected chi connectivity index (χ2v) is 15.7. The molecule has 0 aliphatic carbocycles. The SMILES string of the molecule is c1ccc(-c2ccc(-c3ccccc3N(c3ccc(-c4cccc(-c5oc6ccccc6c5-c5ccccc5)c4)cc3)c3cccc(-c4ccc5ccccc5c4)c3)cc2)cc1. The van der Waals surface area contributed by atoms with Crippen molar-refractivity contribution in [1.29, 1.82) is 0 Å². The van der Waals surface area contributed by atoms with Gasteiger partial charge in [-0.15, -0.1) is 0 Å². The second-order valence-electron chi connectivity index (χ2n) is 15.7. The van der Waals surface area contributed by atoms with E-state index in [-0.39, 0.29) is 0 Å². The van der Waals surface area contributed by atoms with Crippen LogP contribution in [0.1, 0.15) is 0 Å². The van der Waals surface area contributed by atoms with E-state index in [0.29, 0.717) is 0 Å². The summed E-state index contributed by atoms with van der Waals surface area (Å²) in [7, 11) is 0. The van der Waals surface area contributed by atoms with Gasteiger partial charge < -0.3 is 9.32 Å². The highest BCUT2D eigenvalue weighted by atomic mass is 16.3. The van der Waals surface area contributed by atoms with E-state index in [9.17, 15) is 0 Å². The molecule has 0 saturated carbocycles. The van der Waals surface area contributed by atoms with Crippen molar-refractivity contribution in [1.82, 2.24) is 0 Å². The van der Waals surface area contributed by atoms with Gasteiger partial charge in [-0.05, 0) is 104 Å². The molecule has 2 heteroatoms. The Hall–Kier alpha value is -8.20. The Balaban J connectivity index is 1.00. The lowest BCUT2D eigenvalue weighted by Gasteiger charge is -2.28. The van der Waals surface area contributed by atoms with Crippen LogP contribution in [0.15, 0.2) is 253 Å². The molecule has 292 valence electrons. The number of furan rings is 1. The van der Waals surface area contributed by atoms with E-state index in [1.165, 1.54) is 27.5 Å². The zero-order chi connectivity index (χ0) is 41.2. The Labute approximate surface area is 362 Å². The van der Waals surface area contributed by atoms with Crippen LogP contribution in [-0.2, 0) is 0 Å². The van der Waals surface area contributed by atoms with E-state index >= 15 is 0 Å². The van der Waals surface area contributed by atoms with Gasteiger partial charge in [-0.3, -0.25) is 0 Å². The molecule has 0 saturated heterocycles. The molecule has 0 aliphatic rings. The minimum Gasteiger partial charge on any atom is -0.455 e. The third-order valence-corrected chi connectivity index (χ3v) is 11.9. The van der Waals surface area contributed by atoms with E-state index in [4.69, 9.17) is 4.42 Å². The summed E-state index contributed by atoms with van der Waals surface area (Å²) < 4.78 is 6.61. The molecular weight excluding hydrogens is 751 g/mol. The Bertz CT molecular complexity index is 3330. The number of benzene rings is 10. The van der Waals surface area contributed by atoms with Crippen molar-refractivity contribution in [3.8, 4) is 67.0 Å². The second kappa shape index (κ2) is 16.1. The lowest BCUT2D eigenvalue weighted by Crippen LogP contribution is -2.11. The lowest BCUT2D eigenvalue weighted by atomic mass is 9.96. The zero-order valence-corrected chi connectivity index (χ0v) is 34.0. The van der Waals surface area contributed by atoms with Gasteiger partial charge in [-0.2, -0.15) is 0 Å². The summed E-state index contributed by atoms with van der Waals surface area (Å²) in [5, 5.41) is 3.58. The number of hydrogen-bond acceptors (Lipinski definition) is 2. The van der Waals surface area contributed by atoms with E-state index < -0.39 is 0 Å². The van der Waals surface area contributed by atoms with Gasteiger partial charge in [0.1, 0.15) is 11.3 Å². The third kappa shape index (κ3) is 7.04. The molecule has 1 heterocycles. The summed E-state index contributed by atoms with van der Waals surface area (Å²) in [6, 6.07) is 89.0. The van der Waals surface area contributed by atoms with Crippen molar-refractivity contribution in [2.24, 2.45) is 0 Å². The van der Waals surface area contributed by atoms with Crippen LogP contribution in [0.5, 0.6) is 0 Å². The van der Waals surface area contributed by atoms with Gasteiger partial charge in [-0.25, -0.2) is 0 Å². The van der Waals surface area contributed by atoms with Gasteiger partial charge in [0.05, 0.1) is 5.69 Å². The largest absolute Gasteiger partial charge is 0.455 e. The van der Waals surface area contributed by atoms with E-state index in [2.05, 4.69) is 248 Å². The topological polar surface area (TPSA) is 16.4 Å². The fourth-order valence-electron chi connectivity index (χ4n) is 8.79. The number of nitrogens with zero attached hydrogens (tertiary/aromatic N) is 1. The minimum absolute atomic E-state index is 0.877. The van der Waals surface area contributed by atoms with Crippen LogP contribution in [0.25, 0.3) is 88.7 Å². The molecule has 11 aromatic rings. The minimum atomic E-state index is 0.877. The predicted octanol–water partition coefficient (Wildman–Crippen LogP) is 17.1. The smallest absolute Gasteiger partial charge is 0.143 e. The maximum atomic E-state index is 6.61. The Kier molecular flexibility index (Phi) is 9.57. The van der Waals surface area contributed by atoms with Crippen LogP contribution in [0.4, 0.5) is 17.1 Å². The molecule has 1 aromatic heterocycles. The highest BCUT2D eigenvalue weighted by Crippen LogP contribution is 2.44. The highest BCUT2D eigenvalue weighted by Gasteiger charge is 2.20. The number of para-hydroxylation sites is 2. The molecule has 0 radical (unpaired) electrons. The van der Waals surface area contributed by atoms with Crippen molar-refractivity contribution in [3.63, 3.8) is 0 Å². The molecule has 0 atom stereocenters. The standard InChI is InChI=1S/C60H41NO/c1-3-15-42(16-4-1)44-29-32-46(33-30-44)55-25-9-11-27-57(55)61(54-24-14-22-50(41-54)51-34-31-43-17-7-8-20-48(43)39-51)53-37-35-45(36-38-53)49-21-13-23-52(40-49)60-59(47-18-5-2-6-19-47)56-26-10-12-28-58(56)62-60/h1-41H. The molecule has 0 fully saturated rings. The van der Waals surface area contributed by atoms with Gasteiger partial charge >= 0.3 is 0 Å². The number of fused-ring (bicyclic) bond motifs is 2. The van der Waals surface area contributed by atoms with Crippen molar-refractivity contribution < 1.29 is 4.42 Å². The summed E-state index contributed by atoms with van der Waals surface area (Å²) in [5.41, 5.74) is 16.7. The zero-order valence-electron chi connectivity index (χ0n) is 34.0. The van der Waals surface area contributed by atoms with Crippen molar-refractivity contribution in [2.45, 2.75) is 0 Å². The van der Waals surface area contributed by atoms with E-state index in [0.717, 1.165) is 78.3 Å². The summed E-state index contributed by atoms with van der Waals surface area (Å²) in [5.74, 6) is 0.877. The van der Waals surface area contributed by atoms with Crippen molar-refractivity contribution in [2.75, 3.05) is 4.90 Å². The van der Waals surface area contributed by atoms with Crippen molar-refractivity contribution >= 4 is 38.8 Å². The van der Waals surface area contributed by atoms with Crippen LogP contribution in [0, 0.1) is 0 Å². The first-order chi connectivity index (χ1) is 30.7. The number of rotatable bonds is 9. The summed E-state index contributed by atoms with van der Waals surface area (Å²) in [6.07, 6.45) is 0. The van der Waals surface area contributed by atoms with Crippen LogP contribution in [0.3, 0.4) is 0 Å². The highest BCUT2D eigenvalue weighted by molar-refractivity contribution is 6.02. The maximum Gasteiger partial charge on any atom is 0.143 e. The molecule has 2 nitrogen and oxygen atoms in total. The van der Waals surface area contributed by atoms with Gasteiger partial charge in [0.25, 0.3) is 0 Å². The summed E-state index contributed by atoms with van der Waals surface area (Å²) >= 11 is 0. The van der Waals surface area contributed by atoms with Crippen LogP contribution in [-0.4, -0.2) is 0 Å². The van der Waals surface area contributed by atoms with Gasteiger partial charge in [-0.1, -0.05) is 200 Å². The van der Waals surface area contributed by atoms with Crippen LogP contribution < -0.4 is 4.90 Å². The predicted molar refractivity (Wildman–Crippen MR) is 261 cm³/mol. The molecule has 0 aliphatic heterocycles. The molecule has 0 spiro atoms. The molecular formula is C60H41NO. The molecule has 62 heavy (non-hydrogen) atoms. The monoisotopic (exact) mass is 791 g/mol. The summed E-state index contributed by atoms with van der Waals surface area (Å²) in [4.78, 5) is 2.39. The van der Waals surface area contributed by atoms with Crippen LogP contribution >= 0.6 is 0 Å². The molecule has 0 N–H and O–H groups in total. The van der Waals surface area contributed by atoms with Crippen LogP contribution in [0.2, 0.25) is 0 Å². The summed E-state index contributed by atoms with van der Waals surface area (Å²) in [6.45, 7) is 0. The fraction of sp³-hybridized carbons (Fsp3) is 0. The van der Waals surface area contributed by atoms with Gasteiger partial charge in [0, 0.05) is 33.5 Å². The molecule has 11 rings (SSSR count). The Morgan fingerprint density at radius 1 is 0.290 bits per heavy atom. The first kappa shape index (κ1) is 36.8. The quantitative estimate of drug-likeness (QED) is 0.145. The molecule has 0 amide bonds. The van der Waals surface area contributed by atoms with E-state index in [1.54, 1.807) is 0 Å². The third-order valence-electron chi connectivity index (χ3n) is 11.9.